The molecule has 0 amide bonds. The first-order valence-electron chi connectivity index (χ1n) is 7.19. The van der Waals surface area contributed by atoms with Gasteiger partial charge >= 0.3 is 0 Å². The van der Waals surface area contributed by atoms with Gasteiger partial charge in [0, 0.05) is 37.8 Å². The third-order valence-electron chi connectivity index (χ3n) is 3.87. The summed E-state index contributed by atoms with van der Waals surface area (Å²) in [6.45, 7) is 2.27. The fourth-order valence-electron chi connectivity index (χ4n) is 2.82. The number of aromatic nitrogens is 1. The Morgan fingerprint density at radius 3 is 3.00 bits per heavy atom. The Labute approximate surface area is 119 Å². The lowest BCUT2D eigenvalue weighted by Crippen LogP contribution is -2.28. The molecule has 1 aliphatic rings. The number of hydrogen-bond donors (Lipinski definition) is 1. The minimum absolute atomic E-state index is 0.341. The molecular weight excluding hydrogens is 250 g/mol. The predicted octanol–water partition coefficient (Wildman–Crippen LogP) is 2.31. The molecule has 20 heavy (non-hydrogen) atoms. The van der Waals surface area contributed by atoms with Crippen LogP contribution in [0.15, 0.2) is 30.3 Å². The molecule has 1 aliphatic heterocycles. The highest BCUT2D eigenvalue weighted by Gasteiger charge is 2.19. The Morgan fingerprint density at radius 1 is 1.40 bits per heavy atom. The summed E-state index contributed by atoms with van der Waals surface area (Å²) in [5.41, 5.74) is 8.89. The summed E-state index contributed by atoms with van der Waals surface area (Å²) in [5, 5.41) is 1.17. The van der Waals surface area contributed by atoms with Crippen molar-refractivity contribution in [3.63, 3.8) is 0 Å². The van der Waals surface area contributed by atoms with Gasteiger partial charge in [0.15, 0.2) is 0 Å². The maximum atomic E-state index is 5.77. The number of fused-ring (bicyclic) bond motifs is 1. The van der Waals surface area contributed by atoms with Crippen LogP contribution in [0.4, 0.5) is 5.69 Å². The van der Waals surface area contributed by atoms with E-state index in [0.29, 0.717) is 12.6 Å². The van der Waals surface area contributed by atoms with Crippen molar-refractivity contribution in [3.8, 4) is 0 Å². The quantitative estimate of drug-likeness (QED) is 0.927. The zero-order chi connectivity index (χ0) is 13.9. The highest BCUT2D eigenvalue weighted by molar-refractivity contribution is 5.91. The van der Waals surface area contributed by atoms with Crippen molar-refractivity contribution < 1.29 is 4.74 Å². The van der Waals surface area contributed by atoms with E-state index >= 15 is 0 Å². The average molecular weight is 271 g/mol. The van der Waals surface area contributed by atoms with Crippen molar-refractivity contribution in [2.24, 2.45) is 5.73 Å². The number of anilines is 1. The summed E-state index contributed by atoms with van der Waals surface area (Å²) in [6, 6.07) is 10.3. The van der Waals surface area contributed by atoms with Crippen molar-refractivity contribution in [1.29, 1.82) is 0 Å². The van der Waals surface area contributed by atoms with Gasteiger partial charge in [0.2, 0.25) is 0 Å². The first kappa shape index (κ1) is 13.3. The number of ether oxygens (including phenoxy) is 1. The molecule has 4 heteroatoms. The molecule has 1 atom stereocenters. The molecule has 0 radical (unpaired) electrons. The van der Waals surface area contributed by atoms with Gasteiger partial charge in [0.1, 0.15) is 0 Å². The first-order chi connectivity index (χ1) is 9.78. The van der Waals surface area contributed by atoms with E-state index in [1.54, 1.807) is 0 Å². The largest absolute Gasteiger partial charge is 0.376 e. The van der Waals surface area contributed by atoms with Gasteiger partial charge in [0.05, 0.1) is 17.3 Å². The third kappa shape index (κ3) is 2.62. The maximum absolute atomic E-state index is 5.77. The lowest BCUT2D eigenvalue weighted by molar-refractivity contribution is 0.116. The van der Waals surface area contributed by atoms with E-state index in [1.165, 1.54) is 17.5 Å². The second-order valence-electron chi connectivity index (χ2n) is 5.37. The van der Waals surface area contributed by atoms with E-state index in [2.05, 4.69) is 35.1 Å². The zero-order valence-electron chi connectivity index (χ0n) is 11.9. The molecule has 2 aromatic rings. The van der Waals surface area contributed by atoms with Crippen molar-refractivity contribution in [1.82, 2.24) is 4.98 Å². The molecule has 1 unspecified atom stereocenters. The van der Waals surface area contributed by atoms with Gasteiger partial charge in [-0.15, -0.1) is 0 Å². The lowest BCUT2D eigenvalue weighted by Gasteiger charge is -2.24. The topological polar surface area (TPSA) is 51.4 Å². The SMILES string of the molecule is CN(CC1CCCO1)c1cc(CN)nc2ccccc12. The van der Waals surface area contributed by atoms with E-state index in [1.807, 2.05) is 12.1 Å². The van der Waals surface area contributed by atoms with E-state index in [9.17, 15) is 0 Å². The number of pyridine rings is 1. The molecule has 4 nitrogen and oxygen atoms in total. The Morgan fingerprint density at radius 2 is 2.25 bits per heavy atom. The molecular formula is C16H21N3O. The Bertz CT molecular complexity index is 593. The highest BCUT2D eigenvalue weighted by atomic mass is 16.5. The summed E-state index contributed by atoms with van der Waals surface area (Å²) < 4.78 is 5.73. The Hall–Kier alpha value is -1.65. The van der Waals surface area contributed by atoms with Gasteiger partial charge in [-0.2, -0.15) is 0 Å². The second kappa shape index (κ2) is 5.77. The van der Waals surface area contributed by atoms with Crippen LogP contribution in [-0.4, -0.2) is 31.3 Å². The number of benzene rings is 1. The molecule has 1 fully saturated rings. The molecule has 0 aliphatic carbocycles. The van der Waals surface area contributed by atoms with Gasteiger partial charge in [-0.25, -0.2) is 0 Å². The van der Waals surface area contributed by atoms with Crippen molar-refractivity contribution in [2.75, 3.05) is 25.1 Å². The van der Waals surface area contributed by atoms with E-state index in [-0.39, 0.29) is 0 Å². The monoisotopic (exact) mass is 271 g/mol. The highest BCUT2D eigenvalue weighted by Crippen LogP contribution is 2.27. The summed E-state index contributed by atoms with van der Waals surface area (Å²) in [7, 11) is 2.11. The lowest BCUT2D eigenvalue weighted by atomic mass is 10.1. The zero-order valence-corrected chi connectivity index (χ0v) is 11.9. The molecule has 106 valence electrons. The Kier molecular flexibility index (Phi) is 3.85. The van der Waals surface area contributed by atoms with Gasteiger partial charge in [0.25, 0.3) is 0 Å². The summed E-state index contributed by atoms with van der Waals surface area (Å²) >= 11 is 0. The van der Waals surface area contributed by atoms with Gasteiger partial charge in [-0.3, -0.25) is 4.98 Å². The second-order valence-corrected chi connectivity index (χ2v) is 5.37. The van der Waals surface area contributed by atoms with Crippen LogP contribution in [-0.2, 0) is 11.3 Å². The number of rotatable bonds is 4. The normalized spacial score (nSPS) is 18.6. The van der Waals surface area contributed by atoms with Crippen LogP contribution in [0.1, 0.15) is 18.5 Å². The van der Waals surface area contributed by atoms with E-state index < -0.39 is 0 Å². The molecule has 0 spiro atoms. The first-order valence-corrected chi connectivity index (χ1v) is 7.19. The van der Waals surface area contributed by atoms with E-state index in [0.717, 1.165) is 30.8 Å². The summed E-state index contributed by atoms with van der Waals surface area (Å²) in [5.74, 6) is 0. The fourth-order valence-corrected chi connectivity index (χ4v) is 2.82. The van der Waals surface area contributed by atoms with Crippen molar-refractivity contribution in [2.45, 2.75) is 25.5 Å². The van der Waals surface area contributed by atoms with Crippen LogP contribution in [0.25, 0.3) is 10.9 Å². The van der Waals surface area contributed by atoms with Crippen LogP contribution >= 0.6 is 0 Å². The average Bonchev–Trinajstić information content (AvgIpc) is 2.98. The molecule has 1 aromatic heterocycles. The standard InChI is InChI=1S/C16H21N3O/c1-19(11-13-5-4-8-20-13)16-9-12(10-17)18-15-7-3-2-6-14(15)16/h2-3,6-7,9,13H,4-5,8,10-11,17H2,1H3. The number of nitrogens with two attached hydrogens (primary N) is 1. The van der Waals surface area contributed by atoms with Crippen LogP contribution in [0.2, 0.25) is 0 Å². The van der Waals surface area contributed by atoms with Crippen LogP contribution < -0.4 is 10.6 Å². The number of nitrogens with zero attached hydrogens (tertiary/aromatic N) is 2. The van der Waals surface area contributed by atoms with Gasteiger partial charge < -0.3 is 15.4 Å². The minimum Gasteiger partial charge on any atom is -0.376 e. The van der Waals surface area contributed by atoms with E-state index in [4.69, 9.17) is 10.5 Å². The maximum Gasteiger partial charge on any atom is 0.0750 e. The van der Waals surface area contributed by atoms with Gasteiger partial charge in [-0.05, 0) is 25.0 Å². The van der Waals surface area contributed by atoms with Crippen molar-refractivity contribution >= 4 is 16.6 Å². The van der Waals surface area contributed by atoms with Crippen LogP contribution in [0.3, 0.4) is 0 Å². The van der Waals surface area contributed by atoms with Crippen LogP contribution in [0.5, 0.6) is 0 Å². The van der Waals surface area contributed by atoms with Gasteiger partial charge in [-0.1, -0.05) is 18.2 Å². The fraction of sp³-hybridized carbons (Fsp3) is 0.438. The van der Waals surface area contributed by atoms with Crippen LogP contribution in [0, 0.1) is 0 Å². The molecule has 1 aromatic carbocycles. The number of likely N-dealkylation sites (N-methyl/N-ethyl adjacent to an activating group) is 1. The summed E-state index contributed by atoms with van der Waals surface area (Å²) in [6.07, 6.45) is 2.66. The molecule has 2 N–H and O–H groups in total. The predicted molar refractivity (Wildman–Crippen MR) is 81.9 cm³/mol. The molecule has 1 saturated heterocycles. The minimum atomic E-state index is 0.341. The number of hydrogen-bond acceptors (Lipinski definition) is 4. The smallest absolute Gasteiger partial charge is 0.0750 e. The molecule has 2 heterocycles. The van der Waals surface area contributed by atoms with Crippen molar-refractivity contribution in [3.05, 3.63) is 36.0 Å². The molecule has 0 bridgehead atoms. The Balaban J connectivity index is 1.95. The third-order valence-corrected chi connectivity index (χ3v) is 3.87. The summed E-state index contributed by atoms with van der Waals surface area (Å²) in [4.78, 5) is 6.85. The number of para-hydroxylation sites is 1. The molecule has 0 saturated carbocycles. The molecule has 3 rings (SSSR count).